The number of likely N-dealkylation sites (tertiary alicyclic amines) is 1. The normalized spacial score (nSPS) is 19.8. The Labute approximate surface area is 183 Å². The highest BCUT2D eigenvalue weighted by Gasteiger charge is 2.27. The molecule has 1 aromatic carbocycles. The predicted molar refractivity (Wildman–Crippen MR) is 120 cm³/mol. The molecule has 31 heavy (non-hydrogen) atoms. The quantitative estimate of drug-likeness (QED) is 0.668. The van der Waals surface area contributed by atoms with Gasteiger partial charge in [-0.1, -0.05) is 12.1 Å². The first kappa shape index (κ1) is 22.2. The number of aryl methyl sites for hydroxylation is 1. The van der Waals surface area contributed by atoms with E-state index in [9.17, 15) is 13.2 Å². The molecule has 0 atom stereocenters. The molecule has 2 aliphatic rings. The fraction of sp³-hybridized carbons (Fsp3) is 0.636. The van der Waals surface area contributed by atoms with Gasteiger partial charge in [0.25, 0.3) is 10.0 Å². The van der Waals surface area contributed by atoms with Gasteiger partial charge in [0.1, 0.15) is 0 Å². The van der Waals surface area contributed by atoms with Crippen LogP contribution in [0.15, 0.2) is 18.2 Å². The lowest BCUT2D eigenvalue weighted by Gasteiger charge is -2.30. The number of hydrogen-bond acceptors (Lipinski definition) is 6. The van der Waals surface area contributed by atoms with Crippen LogP contribution in [0, 0.1) is 5.92 Å². The molecule has 0 unspecified atom stereocenters. The lowest BCUT2D eigenvalue weighted by Crippen LogP contribution is -2.36. The fourth-order valence-electron chi connectivity index (χ4n) is 4.96. The first-order valence-electron chi connectivity index (χ1n) is 11.2. The molecular weight excluding hydrogens is 416 g/mol. The van der Waals surface area contributed by atoms with Gasteiger partial charge in [-0.2, -0.15) is 9.19 Å². The van der Waals surface area contributed by atoms with E-state index >= 15 is 0 Å². The third-order valence-corrected chi connectivity index (χ3v) is 7.60. The number of hydrogen-bond donors (Lipinski definition) is 2. The fourth-order valence-corrected chi connectivity index (χ4v) is 5.71. The Morgan fingerprint density at radius 3 is 2.55 bits per heavy atom. The molecule has 2 N–H and O–H groups in total. The van der Waals surface area contributed by atoms with Crippen molar-refractivity contribution >= 4 is 26.9 Å². The van der Waals surface area contributed by atoms with Crippen LogP contribution in [0.25, 0.3) is 10.9 Å². The van der Waals surface area contributed by atoms with Crippen LogP contribution in [0.2, 0.25) is 0 Å². The average molecular weight is 449 g/mol. The first-order chi connectivity index (χ1) is 14.8. The Balaban J connectivity index is 1.56. The lowest BCUT2D eigenvalue weighted by molar-refractivity contribution is -0.138. The van der Waals surface area contributed by atoms with E-state index in [2.05, 4.69) is 16.5 Å². The molecule has 3 heterocycles. The highest BCUT2D eigenvalue weighted by atomic mass is 32.2. The summed E-state index contributed by atoms with van der Waals surface area (Å²) in [6.45, 7) is 3.57. The van der Waals surface area contributed by atoms with Crippen molar-refractivity contribution in [3.8, 4) is 0 Å². The molecule has 2 fully saturated rings. The number of fused-ring (bicyclic) bond motifs is 1. The average Bonchev–Trinajstić information content (AvgIpc) is 3.12. The monoisotopic (exact) mass is 448 g/mol. The van der Waals surface area contributed by atoms with Gasteiger partial charge in [-0.15, -0.1) is 0 Å². The molecule has 4 rings (SSSR count). The van der Waals surface area contributed by atoms with Crippen molar-refractivity contribution < 1.29 is 18.3 Å². The van der Waals surface area contributed by atoms with Crippen LogP contribution in [-0.2, 0) is 21.2 Å². The van der Waals surface area contributed by atoms with Crippen LogP contribution >= 0.6 is 0 Å². The SMILES string of the molecule is CS(=O)(=O)n1nc(C2CCN(CC(=O)O)CC2)c2ccc(CCC3CCNCC3)cc21. The van der Waals surface area contributed by atoms with E-state index in [1.165, 1.54) is 23.2 Å². The molecule has 2 saturated heterocycles. The van der Waals surface area contributed by atoms with E-state index in [1.807, 2.05) is 17.0 Å². The largest absolute Gasteiger partial charge is 0.480 e. The Bertz CT molecular complexity index is 1040. The maximum Gasteiger partial charge on any atom is 0.317 e. The van der Waals surface area contributed by atoms with Gasteiger partial charge in [-0.25, -0.2) is 8.42 Å². The summed E-state index contributed by atoms with van der Waals surface area (Å²) in [6.07, 6.45) is 7.22. The van der Waals surface area contributed by atoms with Gasteiger partial charge >= 0.3 is 5.97 Å². The maximum atomic E-state index is 12.5. The minimum absolute atomic E-state index is 0.0473. The maximum absolute atomic E-state index is 12.5. The Hall–Kier alpha value is -1.97. The highest BCUT2D eigenvalue weighted by molar-refractivity contribution is 7.89. The van der Waals surface area contributed by atoms with Gasteiger partial charge in [0.05, 0.1) is 24.0 Å². The molecule has 9 heteroatoms. The summed E-state index contributed by atoms with van der Waals surface area (Å²) >= 11 is 0. The molecule has 0 radical (unpaired) electrons. The summed E-state index contributed by atoms with van der Waals surface area (Å²) in [6, 6.07) is 6.13. The number of piperidine rings is 2. The smallest absolute Gasteiger partial charge is 0.317 e. The standard InChI is InChI=1S/C22H32N4O4S/c1-31(29,30)26-20-14-17(3-2-16-6-10-23-11-7-16)4-5-19(20)22(24-26)18-8-12-25(13-9-18)15-21(27)28/h4-5,14,16,18,23H,2-3,6-13,15H2,1H3,(H,27,28). The number of carboxylic acids is 1. The summed E-state index contributed by atoms with van der Waals surface area (Å²) < 4.78 is 26.1. The molecule has 0 aliphatic carbocycles. The van der Waals surface area contributed by atoms with Crippen molar-refractivity contribution in [1.82, 2.24) is 19.4 Å². The topological polar surface area (TPSA) is 105 Å². The van der Waals surface area contributed by atoms with Crippen molar-refractivity contribution in [3.63, 3.8) is 0 Å². The Kier molecular flexibility index (Phi) is 6.64. The van der Waals surface area contributed by atoms with Gasteiger partial charge in [-0.3, -0.25) is 9.69 Å². The van der Waals surface area contributed by atoms with Crippen LogP contribution in [0.3, 0.4) is 0 Å². The van der Waals surface area contributed by atoms with Crippen LogP contribution in [-0.4, -0.2) is 72.6 Å². The minimum Gasteiger partial charge on any atom is -0.480 e. The summed E-state index contributed by atoms with van der Waals surface area (Å²) in [5, 5.41) is 17.8. The van der Waals surface area contributed by atoms with Crippen LogP contribution in [0.4, 0.5) is 0 Å². The third-order valence-electron chi connectivity index (χ3n) is 6.69. The van der Waals surface area contributed by atoms with Crippen LogP contribution in [0.5, 0.6) is 0 Å². The Morgan fingerprint density at radius 1 is 1.19 bits per heavy atom. The van der Waals surface area contributed by atoms with Gasteiger partial charge in [-0.05, 0) is 82.3 Å². The lowest BCUT2D eigenvalue weighted by atomic mass is 9.90. The van der Waals surface area contributed by atoms with E-state index in [1.54, 1.807) is 0 Å². The zero-order valence-corrected chi connectivity index (χ0v) is 18.9. The molecule has 1 aromatic heterocycles. The second-order valence-electron chi connectivity index (χ2n) is 9.02. The number of aliphatic carboxylic acids is 1. The van der Waals surface area contributed by atoms with Gasteiger partial charge < -0.3 is 10.4 Å². The minimum atomic E-state index is -3.52. The number of benzene rings is 1. The second kappa shape index (κ2) is 9.26. The molecule has 0 spiro atoms. The summed E-state index contributed by atoms with van der Waals surface area (Å²) in [7, 11) is -3.52. The second-order valence-corrected chi connectivity index (χ2v) is 10.8. The summed E-state index contributed by atoms with van der Waals surface area (Å²) in [4.78, 5) is 12.9. The van der Waals surface area contributed by atoms with E-state index in [0.29, 0.717) is 18.6 Å². The van der Waals surface area contributed by atoms with Gasteiger partial charge in [0.2, 0.25) is 0 Å². The number of aromatic nitrogens is 2. The molecule has 0 saturated carbocycles. The number of nitrogens with zero attached hydrogens (tertiary/aromatic N) is 3. The summed E-state index contributed by atoms with van der Waals surface area (Å²) in [5.41, 5.74) is 2.63. The number of carboxylic acid groups (broad SMARTS) is 1. The molecule has 170 valence electrons. The first-order valence-corrected chi connectivity index (χ1v) is 13.0. The molecule has 0 bridgehead atoms. The zero-order valence-electron chi connectivity index (χ0n) is 18.1. The van der Waals surface area contributed by atoms with E-state index < -0.39 is 16.0 Å². The van der Waals surface area contributed by atoms with Gasteiger partial charge in [0.15, 0.2) is 0 Å². The highest BCUT2D eigenvalue weighted by Crippen LogP contribution is 2.34. The Morgan fingerprint density at radius 2 is 1.90 bits per heavy atom. The molecular formula is C22H32N4O4S. The van der Waals surface area contributed by atoms with Crippen LogP contribution in [0.1, 0.15) is 49.3 Å². The van der Waals surface area contributed by atoms with Crippen molar-refractivity contribution in [2.45, 2.75) is 44.4 Å². The van der Waals surface area contributed by atoms with E-state index in [4.69, 9.17) is 5.11 Å². The van der Waals surface area contributed by atoms with E-state index in [-0.39, 0.29) is 12.5 Å². The molecule has 2 aliphatic heterocycles. The zero-order chi connectivity index (χ0) is 22.0. The van der Waals surface area contributed by atoms with Crippen molar-refractivity contribution in [2.75, 3.05) is 39.0 Å². The van der Waals surface area contributed by atoms with Crippen molar-refractivity contribution in [1.29, 1.82) is 0 Å². The number of rotatable bonds is 7. The van der Waals surface area contributed by atoms with Gasteiger partial charge in [0, 0.05) is 11.3 Å². The number of nitrogens with one attached hydrogen (secondary N) is 1. The molecule has 8 nitrogen and oxygen atoms in total. The summed E-state index contributed by atoms with van der Waals surface area (Å²) in [5.74, 6) is 0.0433. The van der Waals surface area contributed by atoms with Crippen molar-refractivity contribution in [3.05, 3.63) is 29.5 Å². The van der Waals surface area contributed by atoms with Crippen LogP contribution < -0.4 is 5.32 Å². The number of carbonyl (C=O) groups is 1. The third kappa shape index (κ3) is 5.27. The molecule has 2 aromatic rings. The molecule has 0 amide bonds. The predicted octanol–water partition coefficient (Wildman–Crippen LogP) is 2.04. The van der Waals surface area contributed by atoms with Crippen molar-refractivity contribution in [2.24, 2.45) is 5.92 Å². The van der Waals surface area contributed by atoms with E-state index in [0.717, 1.165) is 61.3 Å².